The van der Waals surface area contributed by atoms with E-state index in [1.54, 1.807) is 6.07 Å². The van der Waals surface area contributed by atoms with Crippen LogP contribution in [0.5, 0.6) is 0 Å². The van der Waals surface area contributed by atoms with E-state index in [0.717, 1.165) is 25.8 Å². The molecule has 1 amide bonds. The normalized spacial score (nSPS) is 15.8. The molecule has 16 heavy (non-hydrogen) atoms. The molecule has 1 heterocycles. The van der Waals surface area contributed by atoms with E-state index < -0.39 is 0 Å². The fourth-order valence-electron chi connectivity index (χ4n) is 1.96. The fourth-order valence-corrected chi connectivity index (χ4v) is 1.96. The van der Waals surface area contributed by atoms with Gasteiger partial charge in [0.25, 0.3) is 5.91 Å². The van der Waals surface area contributed by atoms with Gasteiger partial charge in [0.1, 0.15) is 6.26 Å². The molecule has 0 saturated heterocycles. The maximum atomic E-state index is 12.2. The monoisotopic (exact) mass is 222 g/mol. The summed E-state index contributed by atoms with van der Waals surface area (Å²) in [5.74, 6) is 0.0758. The van der Waals surface area contributed by atoms with Crippen molar-refractivity contribution in [1.82, 2.24) is 4.90 Å². The van der Waals surface area contributed by atoms with E-state index in [2.05, 4.69) is 0 Å². The first-order valence-electron chi connectivity index (χ1n) is 5.86. The summed E-state index contributed by atoms with van der Waals surface area (Å²) in [7, 11) is 0. The van der Waals surface area contributed by atoms with Gasteiger partial charge < -0.3 is 15.1 Å². The van der Waals surface area contributed by atoms with Crippen molar-refractivity contribution in [3.8, 4) is 0 Å². The molecule has 2 N–H and O–H groups in total. The van der Waals surface area contributed by atoms with E-state index in [1.807, 2.05) is 4.90 Å². The molecule has 0 radical (unpaired) electrons. The summed E-state index contributed by atoms with van der Waals surface area (Å²) in [4.78, 5) is 14.1. The molecule has 0 aliphatic heterocycles. The summed E-state index contributed by atoms with van der Waals surface area (Å²) in [6.45, 7) is 1.38. The number of nitrogens with two attached hydrogens (primary N) is 1. The zero-order chi connectivity index (χ0) is 11.4. The molecule has 1 aliphatic carbocycles. The highest BCUT2D eigenvalue weighted by Gasteiger charge is 2.29. The van der Waals surface area contributed by atoms with Crippen LogP contribution in [0.1, 0.15) is 36.0 Å². The molecule has 1 saturated carbocycles. The zero-order valence-corrected chi connectivity index (χ0v) is 9.39. The number of rotatable bonds is 5. The second kappa shape index (κ2) is 5.16. The van der Waals surface area contributed by atoms with Gasteiger partial charge in [-0.05, 0) is 38.3 Å². The molecular weight excluding hydrogens is 204 g/mol. The van der Waals surface area contributed by atoms with Crippen molar-refractivity contribution in [2.75, 3.05) is 13.1 Å². The van der Waals surface area contributed by atoms with Gasteiger partial charge in [0.2, 0.25) is 0 Å². The summed E-state index contributed by atoms with van der Waals surface area (Å²) in [6.07, 6.45) is 7.37. The molecule has 4 heteroatoms. The highest BCUT2D eigenvalue weighted by Crippen LogP contribution is 2.26. The lowest BCUT2D eigenvalue weighted by molar-refractivity contribution is 0.0578. The van der Waals surface area contributed by atoms with Crippen LogP contribution in [0.15, 0.2) is 23.0 Å². The molecule has 0 atom stereocenters. The highest BCUT2D eigenvalue weighted by molar-refractivity contribution is 5.94. The summed E-state index contributed by atoms with van der Waals surface area (Å²) < 4.78 is 4.95. The molecule has 1 fully saturated rings. The Bertz CT molecular complexity index is 331. The van der Waals surface area contributed by atoms with Crippen molar-refractivity contribution in [3.63, 3.8) is 0 Å². The van der Waals surface area contributed by atoms with Crippen LogP contribution in [0.25, 0.3) is 0 Å². The van der Waals surface area contributed by atoms with E-state index in [4.69, 9.17) is 10.2 Å². The largest absolute Gasteiger partial charge is 0.472 e. The number of amides is 1. The summed E-state index contributed by atoms with van der Waals surface area (Å²) in [6, 6.07) is 2.13. The average molecular weight is 222 g/mol. The van der Waals surface area contributed by atoms with Crippen molar-refractivity contribution in [2.45, 2.75) is 31.7 Å². The van der Waals surface area contributed by atoms with Crippen LogP contribution in [0.4, 0.5) is 0 Å². The topological polar surface area (TPSA) is 59.5 Å². The average Bonchev–Trinajstić information content (AvgIpc) is 2.73. The fraction of sp³-hybridized carbons (Fsp3) is 0.583. The van der Waals surface area contributed by atoms with Gasteiger partial charge in [-0.2, -0.15) is 0 Å². The number of nitrogens with zero attached hydrogens (tertiary/aromatic N) is 1. The molecule has 1 aromatic rings. The van der Waals surface area contributed by atoms with E-state index in [0.29, 0.717) is 18.2 Å². The first-order chi connectivity index (χ1) is 7.83. The van der Waals surface area contributed by atoms with Gasteiger partial charge >= 0.3 is 0 Å². The van der Waals surface area contributed by atoms with E-state index in [9.17, 15) is 4.79 Å². The zero-order valence-electron chi connectivity index (χ0n) is 9.39. The summed E-state index contributed by atoms with van der Waals surface area (Å²) in [5.41, 5.74) is 6.14. The van der Waals surface area contributed by atoms with Gasteiger partial charge in [-0.3, -0.25) is 4.79 Å². The summed E-state index contributed by atoms with van der Waals surface area (Å²) >= 11 is 0. The van der Waals surface area contributed by atoms with Gasteiger partial charge in [-0.15, -0.1) is 0 Å². The Labute approximate surface area is 95.4 Å². The van der Waals surface area contributed by atoms with Gasteiger partial charge in [0, 0.05) is 12.6 Å². The molecular formula is C12H18N2O2. The van der Waals surface area contributed by atoms with Crippen molar-refractivity contribution >= 4 is 5.91 Å². The van der Waals surface area contributed by atoms with Crippen molar-refractivity contribution in [1.29, 1.82) is 0 Å². The molecule has 0 unspecified atom stereocenters. The smallest absolute Gasteiger partial charge is 0.257 e. The summed E-state index contributed by atoms with van der Waals surface area (Å²) in [5, 5.41) is 0. The van der Waals surface area contributed by atoms with Crippen LogP contribution in [-0.2, 0) is 0 Å². The Morgan fingerprint density at radius 2 is 2.38 bits per heavy atom. The van der Waals surface area contributed by atoms with Crippen molar-refractivity contribution < 1.29 is 9.21 Å². The van der Waals surface area contributed by atoms with E-state index in [-0.39, 0.29) is 5.91 Å². The van der Waals surface area contributed by atoms with Gasteiger partial charge in [0.15, 0.2) is 0 Å². The van der Waals surface area contributed by atoms with Crippen LogP contribution < -0.4 is 5.73 Å². The lowest BCUT2D eigenvalue weighted by Gasteiger charge is -2.37. The van der Waals surface area contributed by atoms with Gasteiger partial charge in [0.05, 0.1) is 11.8 Å². The Hall–Kier alpha value is -1.29. The maximum absolute atomic E-state index is 12.2. The standard InChI is InChI=1S/C12H18N2O2/c13-6-2-7-14(11-3-1-4-11)12(15)10-5-8-16-9-10/h5,8-9,11H,1-4,6-7,13H2. The van der Waals surface area contributed by atoms with Gasteiger partial charge in [-0.1, -0.05) is 0 Å². The third-order valence-electron chi connectivity index (χ3n) is 3.15. The Kier molecular flexibility index (Phi) is 3.62. The number of furan rings is 1. The molecule has 4 nitrogen and oxygen atoms in total. The van der Waals surface area contributed by atoms with Crippen LogP contribution in [0.3, 0.4) is 0 Å². The van der Waals surface area contributed by atoms with Crippen molar-refractivity contribution in [2.24, 2.45) is 5.73 Å². The van der Waals surface area contributed by atoms with E-state index >= 15 is 0 Å². The van der Waals surface area contributed by atoms with Gasteiger partial charge in [-0.25, -0.2) is 0 Å². The second-order valence-corrected chi connectivity index (χ2v) is 4.24. The predicted molar refractivity (Wildman–Crippen MR) is 61.1 cm³/mol. The predicted octanol–water partition coefficient (Wildman–Crippen LogP) is 1.62. The second-order valence-electron chi connectivity index (χ2n) is 4.24. The Morgan fingerprint density at radius 3 is 2.88 bits per heavy atom. The lowest BCUT2D eigenvalue weighted by atomic mass is 9.91. The minimum Gasteiger partial charge on any atom is -0.472 e. The first kappa shape index (κ1) is 11.2. The maximum Gasteiger partial charge on any atom is 0.257 e. The Morgan fingerprint density at radius 1 is 1.56 bits per heavy atom. The number of hydrogen-bond donors (Lipinski definition) is 1. The number of hydrogen-bond acceptors (Lipinski definition) is 3. The minimum atomic E-state index is 0.0758. The highest BCUT2D eigenvalue weighted by atomic mass is 16.3. The molecule has 0 bridgehead atoms. The molecule has 1 aliphatic rings. The van der Waals surface area contributed by atoms with Crippen LogP contribution in [0.2, 0.25) is 0 Å². The molecule has 0 aromatic carbocycles. The quantitative estimate of drug-likeness (QED) is 0.823. The SMILES string of the molecule is NCCCN(C(=O)c1ccoc1)C1CCC1. The third-order valence-corrected chi connectivity index (χ3v) is 3.15. The molecule has 1 aromatic heterocycles. The first-order valence-corrected chi connectivity index (χ1v) is 5.86. The molecule has 2 rings (SSSR count). The van der Waals surface area contributed by atoms with Crippen LogP contribution >= 0.6 is 0 Å². The van der Waals surface area contributed by atoms with Crippen LogP contribution in [-0.4, -0.2) is 29.9 Å². The Balaban J connectivity index is 2.02. The third kappa shape index (κ3) is 2.27. The van der Waals surface area contributed by atoms with E-state index in [1.165, 1.54) is 18.9 Å². The number of carbonyl (C=O) groups is 1. The van der Waals surface area contributed by atoms with Crippen LogP contribution in [0, 0.1) is 0 Å². The van der Waals surface area contributed by atoms with Crippen molar-refractivity contribution in [3.05, 3.63) is 24.2 Å². The molecule has 88 valence electrons. The minimum absolute atomic E-state index is 0.0758. The number of carbonyl (C=O) groups excluding carboxylic acids is 1. The molecule has 0 spiro atoms. The lowest BCUT2D eigenvalue weighted by Crippen LogP contribution is -2.45.